The molecule has 1 saturated carbocycles. The van der Waals surface area contributed by atoms with Gasteiger partial charge in [0.2, 0.25) is 0 Å². The van der Waals surface area contributed by atoms with Crippen LogP contribution in [0.2, 0.25) is 0 Å². The van der Waals surface area contributed by atoms with Crippen molar-refractivity contribution in [2.75, 3.05) is 5.32 Å². The summed E-state index contributed by atoms with van der Waals surface area (Å²) in [6.07, 6.45) is -0.788. The van der Waals surface area contributed by atoms with E-state index in [0.717, 1.165) is 31.7 Å². The summed E-state index contributed by atoms with van der Waals surface area (Å²) in [5, 5.41) is 3.95. The molecule has 1 aliphatic carbocycles. The zero-order chi connectivity index (χ0) is 15.7. The topological polar surface area (TPSA) is 50.9 Å². The summed E-state index contributed by atoms with van der Waals surface area (Å²) in [4.78, 5) is 3.73. The molecule has 0 aliphatic heterocycles. The van der Waals surface area contributed by atoms with Gasteiger partial charge in [0, 0.05) is 23.2 Å². The number of nitrogens with zero attached hydrogens (tertiary/aromatic N) is 1. The van der Waals surface area contributed by atoms with Crippen molar-refractivity contribution in [1.29, 1.82) is 0 Å². The molecule has 0 radical (unpaired) electrons. The number of alkyl halides is 3. The van der Waals surface area contributed by atoms with Crippen LogP contribution in [-0.4, -0.2) is 17.1 Å². The molecule has 3 rings (SSSR count). The molecule has 118 valence electrons. The van der Waals surface area contributed by atoms with E-state index >= 15 is 0 Å². The van der Waals surface area contributed by atoms with Gasteiger partial charge in [-0.05, 0) is 37.8 Å². The van der Waals surface area contributed by atoms with Crippen LogP contribution in [0.5, 0.6) is 0 Å². The van der Waals surface area contributed by atoms with E-state index in [2.05, 4.69) is 10.3 Å². The number of rotatable bonds is 2. The fourth-order valence-electron chi connectivity index (χ4n) is 3.02. The van der Waals surface area contributed by atoms with Crippen molar-refractivity contribution in [3.8, 4) is 0 Å². The summed E-state index contributed by atoms with van der Waals surface area (Å²) in [7, 11) is 0. The molecule has 6 heteroatoms. The fraction of sp³-hybridized carbons (Fsp3) is 0.438. The molecule has 3 N–H and O–H groups in total. The largest absolute Gasteiger partial charge is 0.433 e. The quantitative estimate of drug-likeness (QED) is 0.883. The number of fused-ring (bicyclic) bond motifs is 1. The summed E-state index contributed by atoms with van der Waals surface area (Å²) >= 11 is 0. The van der Waals surface area contributed by atoms with Crippen LogP contribution in [0.4, 0.5) is 18.9 Å². The number of anilines is 1. The molecule has 1 aliphatic rings. The lowest BCUT2D eigenvalue weighted by atomic mass is 9.91. The van der Waals surface area contributed by atoms with Gasteiger partial charge in [-0.2, -0.15) is 13.2 Å². The van der Waals surface area contributed by atoms with E-state index in [1.807, 2.05) is 0 Å². The van der Waals surface area contributed by atoms with E-state index in [-0.39, 0.29) is 12.1 Å². The summed E-state index contributed by atoms with van der Waals surface area (Å²) < 4.78 is 39.1. The smallest absolute Gasteiger partial charge is 0.382 e. The van der Waals surface area contributed by atoms with Crippen molar-refractivity contribution in [3.63, 3.8) is 0 Å². The zero-order valence-electron chi connectivity index (χ0n) is 12.0. The third-order valence-electron chi connectivity index (χ3n) is 4.08. The molecular formula is C16H18F3N3. The molecule has 0 saturated heterocycles. The number of nitrogens with one attached hydrogen (secondary N) is 1. The average Bonchev–Trinajstić information content (AvgIpc) is 2.46. The van der Waals surface area contributed by atoms with E-state index in [1.165, 1.54) is 0 Å². The minimum atomic E-state index is -4.45. The fourth-order valence-corrected chi connectivity index (χ4v) is 3.02. The number of halogens is 3. The minimum absolute atomic E-state index is 0.107. The Labute approximate surface area is 126 Å². The first-order valence-electron chi connectivity index (χ1n) is 7.42. The number of para-hydroxylation sites is 1. The second-order valence-electron chi connectivity index (χ2n) is 5.84. The summed E-state index contributed by atoms with van der Waals surface area (Å²) in [6.45, 7) is 0. The van der Waals surface area contributed by atoms with Gasteiger partial charge in [-0.1, -0.05) is 18.2 Å². The third-order valence-corrected chi connectivity index (χ3v) is 4.08. The van der Waals surface area contributed by atoms with Crippen LogP contribution in [0.1, 0.15) is 31.4 Å². The van der Waals surface area contributed by atoms with E-state index in [9.17, 15) is 13.2 Å². The van der Waals surface area contributed by atoms with E-state index in [4.69, 9.17) is 5.73 Å². The Morgan fingerprint density at radius 1 is 1.18 bits per heavy atom. The number of nitrogens with two attached hydrogens (primary N) is 1. The summed E-state index contributed by atoms with van der Waals surface area (Å²) in [5.74, 6) is 0. The number of hydrogen-bond acceptors (Lipinski definition) is 3. The molecule has 0 bridgehead atoms. The summed E-state index contributed by atoms with van der Waals surface area (Å²) in [5.41, 5.74) is 5.92. The Hall–Kier alpha value is -1.82. The Morgan fingerprint density at radius 3 is 2.68 bits per heavy atom. The maximum Gasteiger partial charge on any atom is 0.433 e. The Balaban J connectivity index is 1.99. The lowest BCUT2D eigenvalue weighted by molar-refractivity contribution is -0.140. The molecule has 0 spiro atoms. The SMILES string of the molecule is NC1CCC[C@H](Nc2cc(C(F)(F)F)nc3ccccc23)C1. The Bertz CT molecular complexity index is 669. The van der Waals surface area contributed by atoms with Crippen molar-refractivity contribution in [1.82, 2.24) is 4.98 Å². The van der Waals surface area contributed by atoms with Crippen molar-refractivity contribution in [2.45, 2.75) is 43.9 Å². The second-order valence-corrected chi connectivity index (χ2v) is 5.84. The van der Waals surface area contributed by atoms with Gasteiger partial charge in [0.1, 0.15) is 5.69 Å². The number of benzene rings is 1. The molecule has 1 aromatic heterocycles. The van der Waals surface area contributed by atoms with E-state index in [1.54, 1.807) is 24.3 Å². The van der Waals surface area contributed by atoms with Crippen molar-refractivity contribution in [3.05, 3.63) is 36.0 Å². The van der Waals surface area contributed by atoms with Crippen LogP contribution < -0.4 is 11.1 Å². The maximum absolute atomic E-state index is 13.0. The van der Waals surface area contributed by atoms with Gasteiger partial charge in [0.05, 0.1) is 5.52 Å². The summed E-state index contributed by atoms with van der Waals surface area (Å²) in [6, 6.07) is 8.19. The van der Waals surface area contributed by atoms with E-state index < -0.39 is 11.9 Å². The van der Waals surface area contributed by atoms with Crippen molar-refractivity contribution >= 4 is 16.6 Å². The highest BCUT2D eigenvalue weighted by molar-refractivity contribution is 5.91. The van der Waals surface area contributed by atoms with Gasteiger partial charge in [-0.3, -0.25) is 0 Å². The lowest BCUT2D eigenvalue weighted by Crippen LogP contribution is -2.35. The molecule has 2 aromatic rings. The number of hydrogen-bond donors (Lipinski definition) is 2. The predicted molar refractivity (Wildman–Crippen MR) is 80.6 cm³/mol. The van der Waals surface area contributed by atoms with Gasteiger partial charge in [0.25, 0.3) is 0 Å². The normalized spacial score (nSPS) is 22.7. The molecule has 1 unspecified atom stereocenters. The minimum Gasteiger partial charge on any atom is -0.382 e. The van der Waals surface area contributed by atoms with Crippen LogP contribution in [0, 0.1) is 0 Å². The maximum atomic E-state index is 13.0. The molecule has 2 atom stereocenters. The molecule has 1 heterocycles. The number of pyridine rings is 1. The van der Waals surface area contributed by atoms with Crippen LogP contribution in [-0.2, 0) is 6.18 Å². The standard InChI is InChI=1S/C16H18F3N3/c17-16(18,19)15-9-14(12-6-1-2-7-13(12)22-15)21-11-5-3-4-10(20)8-11/h1-2,6-7,9-11H,3-5,8,20H2,(H,21,22)/t10?,11-/m0/s1. The average molecular weight is 309 g/mol. The van der Waals surface area contributed by atoms with Crippen LogP contribution in [0.15, 0.2) is 30.3 Å². The van der Waals surface area contributed by atoms with Gasteiger partial charge >= 0.3 is 6.18 Å². The number of aromatic nitrogens is 1. The molecule has 3 nitrogen and oxygen atoms in total. The lowest BCUT2D eigenvalue weighted by Gasteiger charge is -2.28. The predicted octanol–water partition coefficient (Wildman–Crippen LogP) is 3.94. The Morgan fingerprint density at radius 2 is 1.95 bits per heavy atom. The molecule has 0 amide bonds. The first-order valence-corrected chi connectivity index (χ1v) is 7.42. The van der Waals surface area contributed by atoms with Crippen molar-refractivity contribution in [2.24, 2.45) is 5.73 Å². The van der Waals surface area contributed by atoms with Gasteiger partial charge in [-0.25, -0.2) is 4.98 Å². The molecule has 1 fully saturated rings. The first-order chi connectivity index (χ1) is 10.4. The highest BCUT2D eigenvalue weighted by atomic mass is 19.4. The van der Waals surface area contributed by atoms with Crippen LogP contribution in [0.25, 0.3) is 10.9 Å². The highest BCUT2D eigenvalue weighted by Crippen LogP contribution is 2.34. The second kappa shape index (κ2) is 5.76. The third kappa shape index (κ3) is 3.16. The van der Waals surface area contributed by atoms with Gasteiger partial charge in [0.15, 0.2) is 0 Å². The molecule has 1 aromatic carbocycles. The van der Waals surface area contributed by atoms with Gasteiger partial charge < -0.3 is 11.1 Å². The molecular weight excluding hydrogens is 291 g/mol. The van der Waals surface area contributed by atoms with E-state index in [0.29, 0.717) is 16.6 Å². The molecule has 22 heavy (non-hydrogen) atoms. The van der Waals surface area contributed by atoms with Crippen LogP contribution in [0.3, 0.4) is 0 Å². The Kier molecular flexibility index (Phi) is 3.95. The zero-order valence-corrected chi connectivity index (χ0v) is 12.0. The van der Waals surface area contributed by atoms with Crippen molar-refractivity contribution < 1.29 is 13.2 Å². The highest BCUT2D eigenvalue weighted by Gasteiger charge is 2.33. The van der Waals surface area contributed by atoms with Gasteiger partial charge in [-0.15, -0.1) is 0 Å². The van der Waals surface area contributed by atoms with Crippen LogP contribution >= 0.6 is 0 Å². The first kappa shape index (κ1) is 15.1. The monoisotopic (exact) mass is 309 g/mol.